The molecule has 6 atom stereocenters. The van der Waals surface area contributed by atoms with E-state index in [2.05, 4.69) is 31.3 Å². The number of hydrogen-bond acceptors (Lipinski definition) is 13. The number of benzene rings is 1. The summed E-state index contributed by atoms with van der Waals surface area (Å²) < 4.78 is 0. The maximum absolute atomic E-state index is 14.2. The summed E-state index contributed by atoms with van der Waals surface area (Å²) in [6.07, 6.45) is 1.82. The van der Waals surface area contributed by atoms with Crippen LogP contribution in [0.2, 0.25) is 0 Å². The monoisotopic (exact) mass is 881 g/mol. The van der Waals surface area contributed by atoms with E-state index in [9.17, 15) is 39.0 Å². The molecule has 2 rings (SSSR count). The van der Waals surface area contributed by atoms with Crippen LogP contribution in [0.1, 0.15) is 64.4 Å². The van der Waals surface area contributed by atoms with E-state index >= 15 is 0 Å². The lowest BCUT2D eigenvalue weighted by atomic mass is 10.0. The molecular weight excluding hydrogens is 819 g/mol. The summed E-state index contributed by atoms with van der Waals surface area (Å²) >= 11 is 0. The number of hydrogen-bond donors (Lipinski definition) is 12. The van der Waals surface area contributed by atoms with Gasteiger partial charge in [0.25, 0.3) is 0 Å². The standard InChI is InChI=1S/C37H63N13O8S2/c1-21(2)18-27(35(57)58)48-32(54)28(20-60-59-17-13-38)49-31(53)26(19-22-9-11-23(51)12-10-22)47-33(55)29-8-5-16-50(29)34(56)25(7-4-15-45-37(42)43)46-30(52)24(39)6-3-14-44-36(40)41/h9-12,21,24-29,51H,3-8,13-20,38-39H2,1-2H3,(H,46,52)(H,47,55)(H,48,54)(H,49,53)(H,57,58)(H4,40,41,44)(H4,42,43,45)/t24-,25-,26-,27-,28-,29-/m0/s1. The second-order valence-corrected chi connectivity index (χ2v) is 17.3. The molecule has 60 heavy (non-hydrogen) atoms. The summed E-state index contributed by atoms with van der Waals surface area (Å²) in [6, 6.07) is -0.829. The van der Waals surface area contributed by atoms with Crippen molar-refractivity contribution < 1.29 is 39.0 Å². The molecule has 0 bridgehead atoms. The van der Waals surface area contributed by atoms with Crippen LogP contribution in [-0.2, 0) is 35.2 Å². The summed E-state index contributed by atoms with van der Waals surface area (Å²) in [5, 5.41) is 30.4. The third-order valence-electron chi connectivity index (χ3n) is 9.19. The minimum absolute atomic E-state index is 0.0196. The Balaban J connectivity index is 2.36. The quantitative estimate of drug-likeness (QED) is 0.0193. The first-order valence-corrected chi connectivity index (χ1v) is 22.3. The molecule has 23 heteroatoms. The number of carboxylic acid groups (broad SMARTS) is 1. The number of aliphatic imine (C=N–C) groups is 2. The zero-order valence-electron chi connectivity index (χ0n) is 34.2. The molecule has 0 radical (unpaired) electrons. The molecule has 0 saturated carbocycles. The Morgan fingerprint density at radius 1 is 0.817 bits per heavy atom. The van der Waals surface area contributed by atoms with Crippen LogP contribution in [0.15, 0.2) is 34.3 Å². The van der Waals surface area contributed by atoms with Gasteiger partial charge in [0.2, 0.25) is 29.5 Å². The lowest BCUT2D eigenvalue weighted by Gasteiger charge is -2.30. The fraction of sp³-hybridized carbons (Fsp3) is 0.622. The first kappa shape index (κ1) is 51.1. The van der Waals surface area contributed by atoms with Gasteiger partial charge in [0, 0.05) is 44.1 Å². The third kappa shape index (κ3) is 18.9. The van der Waals surface area contributed by atoms with Gasteiger partial charge in [-0.2, -0.15) is 0 Å². The molecular formula is C37H63N13O8S2. The van der Waals surface area contributed by atoms with Crippen molar-refractivity contribution in [2.75, 3.05) is 37.7 Å². The fourth-order valence-corrected chi connectivity index (χ4v) is 8.20. The van der Waals surface area contributed by atoms with Crippen molar-refractivity contribution in [2.24, 2.45) is 50.3 Å². The highest BCUT2D eigenvalue weighted by Gasteiger charge is 2.39. The molecule has 0 aliphatic carbocycles. The van der Waals surface area contributed by atoms with Gasteiger partial charge < -0.3 is 70.8 Å². The van der Waals surface area contributed by atoms with E-state index in [1.54, 1.807) is 12.1 Å². The highest BCUT2D eigenvalue weighted by molar-refractivity contribution is 8.76. The van der Waals surface area contributed by atoms with E-state index in [0.29, 0.717) is 37.1 Å². The van der Waals surface area contributed by atoms with Crippen LogP contribution in [0.4, 0.5) is 0 Å². The van der Waals surface area contributed by atoms with E-state index in [4.69, 9.17) is 34.4 Å². The first-order chi connectivity index (χ1) is 28.4. The number of amides is 5. The molecule has 336 valence electrons. The number of aliphatic carboxylic acids is 1. The number of nitrogens with two attached hydrogens (primary N) is 6. The van der Waals surface area contributed by atoms with Crippen LogP contribution in [0.25, 0.3) is 0 Å². The van der Waals surface area contributed by atoms with Gasteiger partial charge in [0.15, 0.2) is 11.9 Å². The SMILES string of the molecule is CC(C)C[C@H](NC(=O)[C@H](CSSCCN)NC(=O)[C@H](Cc1ccc(O)cc1)NC(=O)[C@@H]1CCCN1C(=O)[C@H](CCCN=C(N)N)NC(=O)[C@@H](N)CCCN=C(N)N)C(=O)O. The number of nitrogens with zero attached hydrogens (tertiary/aromatic N) is 3. The molecule has 18 N–H and O–H groups in total. The topological polar surface area (TPSA) is 375 Å². The van der Waals surface area contributed by atoms with Crippen molar-refractivity contribution in [3.8, 4) is 5.75 Å². The molecule has 0 spiro atoms. The maximum Gasteiger partial charge on any atom is 0.326 e. The Bertz CT molecular complexity index is 1630. The zero-order chi connectivity index (χ0) is 44.8. The highest BCUT2D eigenvalue weighted by atomic mass is 33.1. The average Bonchev–Trinajstić information content (AvgIpc) is 3.68. The number of aromatic hydroxyl groups is 1. The second kappa shape index (κ2) is 27.0. The minimum atomic E-state index is -1.28. The van der Waals surface area contributed by atoms with E-state index < -0.39 is 71.8 Å². The predicted octanol–water partition coefficient (Wildman–Crippen LogP) is -2.23. The number of likely N-dealkylation sites (tertiary alicyclic amines) is 1. The number of guanidine groups is 2. The van der Waals surface area contributed by atoms with Crippen molar-refractivity contribution in [1.29, 1.82) is 0 Å². The molecule has 0 unspecified atom stereocenters. The molecule has 1 aromatic rings. The van der Waals surface area contributed by atoms with E-state index in [0.717, 1.165) is 0 Å². The van der Waals surface area contributed by atoms with Gasteiger partial charge in [-0.1, -0.05) is 47.6 Å². The van der Waals surface area contributed by atoms with Crippen LogP contribution >= 0.6 is 21.6 Å². The Labute approximate surface area is 358 Å². The van der Waals surface area contributed by atoms with E-state index in [1.165, 1.54) is 38.6 Å². The summed E-state index contributed by atoms with van der Waals surface area (Å²) in [5.41, 5.74) is 34.0. The lowest BCUT2D eigenvalue weighted by molar-refractivity contribution is -0.143. The Morgan fingerprint density at radius 2 is 1.40 bits per heavy atom. The summed E-state index contributed by atoms with van der Waals surface area (Å²) in [5.74, 6) is -4.18. The number of rotatable bonds is 27. The average molecular weight is 882 g/mol. The number of nitrogens with one attached hydrogen (secondary N) is 4. The van der Waals surface area contributed by atoms with Gasteiger partial charge in [-0.3, -0.25) is 34.0 Å². The second-order valence-electron chi connectivity index (χ2n) is 14.7. The highest BCUT2D eigenvalue weighted by Crippen LogP contribution is 2.23. The summed E-state index contributed by atoms with van der Waals surface area (Å²) in [6.45, 7) is 4.61. The summed E-state index contributed by atoms with van der Waals surface area (Å²) in [4.78, 5) is 90.3. The van der Waals surface area contributed by atoms with Crippen molar-refractivity contribution in [1.82, 2.24) is 26.2 Å². The smallest absolute Gasteiger partial charge is 0.326 e. The first-order valence-electron chi connectivity index (χ1n) is 19.8. The van der Waals surface area contributed by atoms with Crippen molar-refractivity contribution in [3.63, 3.8) is 0 Å². The maximum atomic E-state index is 14.2. The number of phenolic OH excluding ortho intramolecular Hbond substituents is 1. The number of carbonyl (C=O) groups is 6. The minimum Gasteiger partial charge on any atom is -0.508 e. The van der Waals surface area contributed by atoms with Crippen LogP contribution in [0.5, 0.6) is 5.75 Å². The normalized spacial score (nSPS) is 16.1. The summed E-state index contributed by atoms with van der Waals surface area (Å²) in [7, 11) is 2.64. The molecule has 21 nitrogen and oxygen atoms in total. The number of carboxylic acids is 1. The van der Waals surface area contributed by atoms with Gasteiger partial charge >= 0.3 is 5.97 Å². The molecule has 1 aromatic carbocycles. The van der Waals surface area contributed by atoms with Crippen molar-refractivity contribution in [3.05, 3.63) is 29.8 Å². The molecule has 1 saturated heterocycles. The van der Waals surface area contributed by atoms with Crippen LogP contribution in [-0.4, -0.2) is 136 Å². The molecule has 1 heterocycles. The van der Waals surface area contributed by atoms with Gasteiger partial charge in [0.1, 0.15) is 36.0 Å². The largest absolute Gasteiger partial charge is 0.508 e. The van der Waals surface area contributed by atoms with Crippen molar-refractivity contribution >= 4 is 69.0 Å². The van der Waals surface area contributed by atoms with Gasteiger partial charge in [-0.25, -0.2) is 4.79 Å². The molecule has 1 fully saturated rings. The predicted molar refractivity (Wildman–Crippen MR) is 233 cm³/mol. The van der Waals surface area contributed by atoms with Crippen LogP contribution in [0.3, 0.4) is 0 Å². The third-order valence-corrected chi connectivity index (χ3v) is 11.6. The fourth-order valence-electron chi connectivity index (χ4n) is 6.18. The number of phenols is 1. The number of carbonyl (C=O) groups excluding carboxylic acids is 5. The Kier molecular flexibility index (Phi) is 23.0. The molecule has 0 aromatic heterocycles. The van der Waals surface area contributed by atoms with Crippen LogP contribution < -0.4 is 55.7 Å². The van der Waals surface area contributed by atoms with Crippen molar-refractivity contribution in [2.45, 2.75) is 101 Å². The van der Waals surface area contributed by atoms with Gasteiger partial charge in [0.05, 0.1) is 6.04 Å². The Morgan fingerprint density at radius 3 is 1.98 bits per heavy atom. The van der Waals surface area contributed by atoms with E-state index in [-0.39, 0.29) is 81.1 Å². The van der Waals surface area contributed by atoms with Gasteiger partial charge in [-0.15, -0.1) is 0 Å². The van der Waals surface area contributed by atoms with E-state index in [1.807, 2.05) is 13.8 Å². The van der Waals surface area contributed by atoms with Crippen LogP contribution in [0, 0.1) is 5.92 Å². The zero-order valence-corrected chi connectivity index (χ0v) is 35.8. The lowest BCUT2D eigenvalue weighted by Crippen LogP contribution is -2.59. The molecule has 1 aliphatic rings. The molecule has 5 amide bonds. The van der Waals surface area contributed by atoms with Gasteiger partial charge in [-0.05, 0) is 68.6 Å². The Hall–Kier alpha value is -5.00. The molecule has 1 aliphatic heterocycles.